The van der Waals surface area contributed by atoms with E-state index in [2.05, 4.69) is 44.2 Å². The summed E-state index contributed by atoms with van der Waals surface area (Å²) in [7, 11) is 3.53. The second-order valence-corrected chi connectivity index (χ2v) is 5.17. The van der Waals surface area contributed by atoms with Crippen LogP contribution in [-0.2, 0) is 12.8 Å². The minimum absolute atomic E-state index is 0.687. The Morgan fingerprint density at radius 3 is 2.75 bits per heavy atom. The van der Waals surface area contributed by atoms with Crippen molar-refractivity contribution in [3.63, 3.8) is 0 Å². The third-order valence-electron chi connectivity index (χ3n) is 3.03. The Morgan fingerprint density at radius 1 is 1.30 bits per heavy atom. The number of rotatable bonds is 5. The van der Waals surface area contributed by atoms with Gasteiger partial charge in [-0.1, -0.05) is 19.1 Å². The number of hydrogen-bond acceptors (Lipinski definition) is 4. The summed E-state index contributed by atoms with van der Waals surface area (Å²) in [5.41, 5.74) is 2.15. The fourth-order valence-corrected chi connectivity index (χ4v) is 2.64. The number of methoxy groups -OCH3 is 1. The van der Waals surface area contributed by atoms with E-state index in [0.29, 0.717) is 6.42 Å². The van der Waals surface area contributed by atoms with Gasteiger partial charge in [0.05, 0.1) is 17.3 Å². The van der Waals surface area contributed by atoms with E-state index in [4.69, 9.17) is 4.74 Å². The lowest BCUT2D eigenvalue weighted by molar-refractivity contribution is 0.414. The predicted molar refractivity (Wildman–Crippen MR) is 84.5 cm³/mol. The fourth-order valence-electron chi connectivity index (χ4n) is 1.99. The van der Waals surface area contributed by atoms with Gasteiger partial charge in [0.2, 0.25) is 0 Å². The molecule has 0 spiro atoms. The smallest absolute Gasteiger partial charge is 0.144 e. The Balaban J connectivity index is 2.32. The van der Waals surface area contributed by atoms with Crippen molar-refractivity contribution in [2.24, 2.45) is 0 Å². The Labute approximate surface area is 127 Å². The fraction of sp³-hybridized carbons (Fsp3) is 0.333. The van der Waals surface area contributed by atoms with E-state index in [0.717, 1.165) is 39.5 Å². The maximum Gasteiger partial charge on any atom is 0.144 e. The minimum Gasteiger partial charge on any atom is -0.497 e. The number of aryl methyl sites for hydroxylation is 1. The molecule has 0 atom stereocenters. The molecule has 2 aromatic rings. The van der Waals surface area contributed by atoms with Gasteiger partial charge in [-0.15, -0.1) is 0 Å². The van der Waals surface area contributed by atoms with Crippen molar-refractivity contribution in [1.29, 1.82) is 0 Å². The van der Waals surface area contributed by atoms with Crippen molar-refractivity contribution in [1.82, 2.24) is 9.97 Å². The molecule has 106 valence electrons. The van der Waals surface area contributed by atoms with E-state index < -0.39 is 0 Å². The minimum atomic E-state index is 0.687. The third kappa shape index (κ3) is 3.28. The molecule has 0 amide bonds. The number of nitrogens with zero attached hydrogens (tertiary/aromatic N) is 2. The van der Waals surface area contributed by atoms with Crippen molar-refractivity contribution < 1.29 is 4.74 Å². The van der Waals surface area contributed by atoms with E-state index in [1.807, 2.05) is 25.2 Å². The van der Waals surface area contributed by atoms with E-state index in [-0.39, 0.29) is 0 Å². The van der Waals surface area contributed by atoms with Gasteiger partial charge >= 0.3 is 0 Å². The molecule has 4 nitrogen and oxygen atoms in total. The molecule has 0 aliphatic rings. The zero-order chi connectivity index (χ0) is 14.5. The molecule has 0 saturated carbocycles. The van der Waals surface area contributed by atoms with Crippen LogP contribution in [0.5, 0.6) is 5.75 Å². The molecule has 1 N–H and O–H groups in total. The van der Waals surface area contributed by atoms with Gasteiger partial charge in [-0.05, 0) is 40.0 Å². The molecule has 1 aromatic carbocycles. The molecule has 0 saturated heterocycles. The summed E-state index contributed by atoms with van der Waals surface area (Å²) in [6.07, 6.45) is 1.55. The van der Waals surface area contributed by atoms with Gasteiger partial charge in [0.25, 0.3) is 0 Å². The van der Waals surface area contributed by atoms with Crippen molar-refractivity contribution >= 4 is 21.7 Å². The summed E-state index contributed by atoms with van der Waals surface area (Å²) in [5.74, 6) is 2.49. The average Bonchev–Trinajstić information content (AvgIpc) is 2.49. The first-order valence-electron chi connectivity index (χ1n) is 6.53. The number of halogens is 1. The Kier molecular flexibility index (Phi) is 4.95. The monoisotopic (exact) mass is 335 g/mol. The highest BCUT2D eigenvalue weighted by Gasteiger charge is 2.10. The van der Waals surface area contributed by atoms with Crippen molar-refractivity contribution in [3.8, 4) is 5.75 Å². The van der Waals surface area contributed by atoms with Gasteiger partial charge in [0.15, 0.2) is 0 Å². The van der Waals surface area contributed by atoms with Crippen molar-refractivity contribution in [3.05, 3.63) is 45.8 Å². The molecule has 0 aliphatic heterocycles. The standard InChI is InChI=1S/C15H18BrN3O/c1-4-12-14(16)15(17-2)19-13(18-12)9-10-6-5-7-11(8-10)20-3/h5-8H,4,9H2,1-3H3,(H,17,18,19). The van der Waals surface area contributed by atoms with Crippen LogP contribution in [0.15, 0.2) is 28.7 Å². The summed E-state index contributed by atoms with van der Waals surface area (Å²) < 4.78 is 6.18. The average molecular weight is 336 g/mol. The second-order valence-electron chi connectivity index (χ2n) is 4.38. The molecular weight excluding hydrogens is 318 g/mol. The summed E-state index contributed by atoms with van der Waals surface area (Å²) >= 11 is 3.54. The van der Waals surface area contributed by atoms with Crippen LogP contribution < -0.4 is 10.1 Å². The first-order valence-corrected chi connectivity index (χ1v) is 7.33. The van der Waals surface area contributed by atoms with Gasteiger partial charge < -0.3 is 10.1 Å². The summed E-state index contributed by atoms with van der Waals surface area (Å²) in [6.45, 7) is 2.09. The van der Waals surface area contributed by atoms with Crippen LogP contribution >= 0.6 is 15.9 Å². The normalized spacial score (nSPS) is 10.4. The highest BCUT2D eigenvalue weighted by atomic mass is 79.9. The molecule has 1 heterocycles. The lowest BCUT2D eigenvalue weighted by Crippen LogP contribution is -2.06. The number of nitrogens with one attached hydrogen (secondary N) is 1. The number of anilines is 1. The molecule has 0 aliphatic carbocycles. The maximum absolute atomic E-state index is 5.24. The largest absolute Gasteiger partial charge is 0.497 e. The molecular formula is C15H18BrN3O. The van der Waals surface area contributed by atoms with Crippen molar-refractivity contribution in [2.45, 2.75) is 19.8 Å². The Bertz CT molecular complexity index is 576. The SMILES string of the molecule is CCc1nc(Cc2cccc(OC)c2)nc(NC)c1Br. The van der Waals surface area contributed by atoms with Crippen molar-refractivity contribution in [2.75, 3.05) is 19.5 Å². The van der Waals surface area contributed by atoms with Crippen LogP contribution in [0, 0.1) is 0 Å². The van der Waals surface area contributed by atoms with E-state index in [1.165, 1.54) is 0 Å². The number of benzene rings is 1. The zero-order valence-electron chi connectivity index (χ0n) is 11.9. The second kappa shape index (κ2) is 6.70. The Hall–Kier alpha value is -1.62. The van der Waals surface area contributed by atoms with Crippen LogP contribution in [0.1, 0.15) is 24.0 Å². The molecule has 20 heavy (non-hydrogen) atoms. The first kappa shape index (κ1) is 14.8. The lowest BCUT2D eigenvalue weighted by atomic mass is 10.1. The van der Waals surface area contributed by atoms with Gasteiger partial charge in [0.1, 0.15) is 17.4 Å². The Morgan fingerprint density at radius 2 is 2.10 bits per heavy atom. The van der Waals surface area contributed by atoms with Crippen LogP contribution in [0.2, 0.25) is 0 Å². The molecule has 5 heteroatoms. The van der Waals surface area contributed by atoms with E-state index in [9.17, 15) is 0 Å². The molecule has 0 unspecified atom stereocenters. The third-order valence-corrected chi connectivity index (χ3v) is 3.87. The van der Waals surface area contributed by atoms with Gasteiger partial charge in [0, 0.05) is 13.5 Å². The number of hydrogen-bond donors (Lipinski definition) is 1. The van der Waals surface area contributed by atoms with E-state index in [1.54, 1.807) is 7.11 Å². The quantitative estimate of drug-likeness (QED) is 0.909. The van der Waals surface area contributed by atoms with Crippen LogP contribution in [0.4, 0.5) is 5.82 Å². The van der Waals surface area contributed by atoms with Crippen LogP contribution in [0.3, 0.4) is 0 Å². The molecule has 0 bridgehead atoms. The number of ether oxygens (including phenoxy) is 1. The highest BCUT2D eigenvalue weighted by Crippen LogP contribution is 2.24. The number of aromatic nitrogens is 2. The lowest BCUT2D eigenvalue weighted by Gasteiger charge is -2.10. The van der Waals surface area contributed by atoms with Gasteiger partial charge in [-0.3, -0.25) is 0 Å². The first-order chi connectivity index (χ1) is 9.67. The highest BCUT2D eigenvalue weighted by molar-refractivity contribution is 9.10. The summed E-state index contributed by atoms with van der Waals surface area (Å²) in [4.78, 5) is 9.15. The summed E-state index contributed by atoms with van der Waals surface area (Å²) in [5, 5.41) is 3.10. The predicted octanol–water partition coefficient (Wildman–Crippen LogP) is 3.44. The zero-order valence-corrected chi connectivity index (χ0v) is 13.5. The molecule has 0 radical (unpaired) electrons. The van der Waals surface area contributed by atoms with Gasteiger partial charge in [-0.25, -0.2) is 9.97 Å². The maximum atomic E-state index is 5.24. The van der Waals surface area contributed by atoms with Gasteiger partial charge in [-0.2, -0.15) is 0 Å². The molecule has 1 aromatic heterocycles. The topological polar surface area (TPSA) is 47.0 Å². The molecule has 0 fully saturated rings. The van der Waals surface area contributed by atoms with Crippen LogP contribution in [-0.4, -0.2) is 24.1 Å². The summed E-state index contributed by atoms with van der Waals surface area (Å²) in [6, 6.07) is 7.98. The van der Waals surface area contributed by atoms with E-state index >= 15 is 0 Å². The van der Waals surface area contributed by atoms with Crippen LogP contribution in [0.25, 0.3) is 0 Å². The molecule has 2 rings (SSSR count).